The van der Waals surface area contributed by atoms with Crippen LogP contribution in [0.25, 0.3) is 0 Å². The summed E-state index contributed by atoms with van der Waals surface area (Å²) >= 11 is 0. The average molecular weight is 482 g/mol. The Hall–Kier alpha value is -3.46. The van der Waals surface area contributed by atoms with Crippen LogP contribution in [0.5, 0.6) is 0 Å². The Morgan fingerprint density at radius 3 is 2.40 bits per heavy atom. The van der Waals surface area contributed by atoms with Crippen LogP contribution in [0.2, 0.25) is 0 Å². The van der Waals surface area contributed by atoms with E-state index in [4.69, 9.17) is 9.15 Å². The summed E-state index contributed by atoms with van der Waals surface area (Å²) in [7, 11) is 1.58. The zero-order chi connectivity index (χ0) is 25.0. The molecule has 1 aromatic heterocycles. The van der Waals surface area contributed by atoms with Crippen LogP contribution in [-0.4, -0.2) is 84.8 Å². The normalized spacial score (nSPS) is 20.6. The summed E-state index contributed by atoms with van der Waals surface area (Å²) in [6, 6.07) is 10.7. The van der Waals surface area contributed by atoms with Crippen molar-refractivity contribution in [1.82, 2.24) is 14.7 Å². The molecule has 0 aliphatic carbocycles. The number of amides is 4. The Balaban J connectivity index is 1.51. The maximum absolute atomic E-state index is 13.7. The highest BCUT2D eigenvalue weighted by molar-refractivity contribution is 6.11. The third-order valence-electron chi connectivity index (χ3n) is 6.90. The molecule has 9 heteroatoms. The van der Waals surface area contributed by atoms with Crippen LogP contribution in [0, 0.1) is 6.92 Å². The van der Waals surface area contributed by atoms with Crippen molar-refractivity contribution in [3.8, 4) is 0 Å². The summed E-state index contributed by atoms with van der Waals surface area (Å²) in [5.74, 6) is -0.726. The average Bonchev–Trinajstić information content (AvgIpc) is 3.48. The third-order valence-corrected chi connectivity index (χ3v) is 6.90. The third kappa shape index (κ3) is 4.86. The molecule has 2 aliphatic rings. The largest absolute Gasteiger partial charge is 0.459 e. The molecule has 1 atom stereocenters. The highest BCUT2D eigenvalue weighted by Gasteiger charge is 2.54. The molecule has 1 unspecified atom stereocenters. The van der Waals surface area contributed by atoms with Gasteiger partial charge in [-0.3, -0.25) is 24.1 Å². The van der Waals surface area contributed by atoms with Gasteiger partial charge in [-0.1, -0.05) is 24.3 Å². The molecule has 4 amide bonds. The van der Waals surface area contributed by atoms with E-state index >= 15 is 0 Å². The van der Waals surface area contributed by atoms with E-state index in [1.165, 1.54) is 11.2 Å². The van der Waals surface area contributed by atoms with Gasteiger partial charge >= 0.3 is 0 Å². The number of piperazine rings is 1. The Morgan fingerprint density at radius 1 is 1.03 bits per heavy atom. The van der Waals surface area contributed by atoms with E-state index in [9.17, 15) is 19.2 Å². The van der Waals surface area contributed by atoms with Gasteiger partial charge in [-0.15, -0.1) is 0 Å². The number of aryl methyl sites for hydroxylation is 1. The number of hydrogen-bond donors (Lipinski definition) is 0. The molecule has 35 heavy (non-hydrogen) atoms. The lowest BCUT2D eigenvalue weighted by Crippen LogP contribution is -2.52. The first-order chi connectivity index (χ1) is 16.9. The van der Waals surface area contributed by atoms with Gasteiger partial charge in [0.25, 0.3) is 5.91 Å². The van der Waals surface area contributed by atoms with Crippen molar-refractivity contribution in [3.63, 3.8) is 0 Å². The van der Waals surface area contributed by atoms with Gasteiger partial charge in [0.1, 0.15) is 0 Å². The molecule has 0 radical (unpaired) electrons. The number of hydrogen-bond acceptors (Lipinski definition) is 6. The number of imide groups is 1. The Morgan fingerprint density at radius 2 is 1.74 bits per heavy atom. The van der Waals surface area contributed by atoms with Crippen LogP contribution in [0.15, 0.2) is 47.1 Å². The Bertz CT molecular complexity index is 1090. The Kier molecular flexibility index (Phi) is 7.35. The number of furan rings is 1. The summed E-state index contributed by atoms with van der Waals surface area (Å²) in [5.41, 5.74) is 0.356. The van der Waals surface area contributed by atoms with Gasteiger partial charge < -0.3 is 19.0 Å². The zero-order valence-corrected chi connectivity index (χ0v) is 20.2. The van der Waals surface area contributed by atoms with E-state index in [2.05, 4.69) is 0 Å². The Labute approximate surface area is 204 Å². The van der Waals surface area contributed by atoms with Crippen LogP contribution in [-0.2, 0) is 24.5 Å². The predicted molar refractivity (Wildman–Crippen MR) is 126 cm³/mol. The number of benzene rings is 1. The fourth-order valence-corrected chi connectivity index (χ4v) is 5.03. The van der Waals surface area contributed by atoms with E-state index in [-0.39, 0.29) is 48.8 Å². The molecule has 0 spiro atoms. The molecule has 0 N–H and O–H groups in total. The molecule has 2 fully saturated rings. The van der Waals surface area contributed by atoms with E-state index in [0.717, 1.165) is 5.56 Å². The molecular formula is C26H31N3O6. The monoisotopic (exact) mass is 481 g/mol. The van der Waals surface area contributed by atoms with Gasteiger partial charge in [0, 0.05) is 59.3 Å². The summed E-state index contributed by atoms with van der Waals surface area (Å²) in [6.45, 7) is 4.06. The molecule has 0 saturated carbocycles. The van der Waals surface area contributed by atoms with Gasteiger partial charge in [-0.05, 0) is 36.6 Å². The lowest BCUT2D eigenvalue weighted by Gasteiger charge is -2.36. The van der Waals surface area contributed by atoms with Crippen molar-refractivity contribution in [2.45, 2.75) is 31.6 Å². The van der Waals surface area contributed by atoms with Crippen LogP contribution in [0.3, 0.4) is 0 Å². The topological polar surface area (TPSA) is 100 Å². The zero-order valence-electron chi connectivity index (χ0n) is 20.2. The fourth-order valence-electron chi connectivity index (χ4n) is 5.03. The number of methoxy groups -OCH3 is 1. The second-order valence-electron chi connectivity index (χ2n) is 9.10. The van der Waals surface area contributed by atoms with Crippen molar-refractivity contribution >= 4 is 23.6 Å². The van der Waals surface area contributed by atoms with Gasteiger partial charge in [0.05, 0.1) is 11.7 Å². The van der Waals surface area contributed by atoms with Crippen LogP contribution >= 0.6 is 0 Å². The molecule has 4 rings (SSSR count). The van der Waals surface area contributed by atoms with Crippen molar-refractivity contribution in [2.75, 3.05) is 46.4 Å². The predicted octanol–water partition coefficient (Wildman–Crippen LogP) is 2.00. The molecule has 9 nitrogen and oxygen atoms in total. The van der Waals surface area contributed by atoms with Gasteiger partial charge in [-0.25, -0.2) is 0 Å². The van der Waals surface area contributed by atoms with Crippen molar-refractivity contribution < 1.29 is 28.3 Å². The van der Waals surface area contributed by atoms with Crippen LogP contribution < -0.4 is 0 Å². The minimum Gasteiger partial charge on any atom is -0.459 e. The summed E-state index contributed by atoms with van der Waals surface area (Å²) in [5, 5.41) is 0. The number of carbonyl (C=O) groups excluding carboxylic acids is 4. The standard InChI is InChI=1S/C26H31N3O6/c1-19-7-3-4-8-20(19)26(18-23(31)29(25(26)33)10-6-15-34-2)17-22(30)27-11-13-28(14-12-27)24(32)21-9-5-16-35-21/h3-5,7-9,16H,6,10-15,17-18H2,1-2H3. The summed E-state index contributed by atoms with van der Waals surface area (Å²) in [6.07, 6.45) is 1.87. The number of rotatable bonds is 8. The lowest BCUT2D eigenvalue weighted by atomic mass is 9.74. The quantitative estimate of drug-likeness (QED) is 0.422. The first kappa shape index (κ1) is 24.7. The maximum atomic E-state index is 13.7. The van der Waals surface area contributed by atoms with Crippen molar-refractivity contribution in [2.24, 2.45) is 0 Å². The number of likely N-dealkylation sites (tertiary alicyclic amines) is 1. The number of nitrogens with zero attached hydrogens (tertiary/aromatic N) is 3. The van der Waals surface area contributed by atoms with Crippen LogP contribution in [0.4, 0.5) is 0 Å². The summed E-state index contributed by atoms with van der Waals surface area (Å²) < 4.78 is 10.3. The smallest absolute Gasteiger partial charge is 0.289 e. The van der Waals surface area contributed by atoms with Crippen molar-refractivity contribution in [1.29, 1.82) is 0 Å². The van der Waals surface area contributed by atoms with Gasteiger partial charge in [0.15, 0.2) is 5.76 Å². The van der Waals surface area contributed by atoms with E-state index in [1.807, 2.05) is 31.2 Å². The SMILES string of the molecule is COCCCN1C(=O)CC(CC(=O)N2CCN(C(=O)c3ccco3)CC2)(c2ccccc2C)C1=O. The molecular weight excluding hydrogens is 450 g/mol. The fraction of sp³-hybridized carbons (Fsp3) is 0.462. The molecule has 2 aliphatic heterocycles. The maximum Gasteiger partial charge on any atom is 0.289 e. The summed E-state index contributed by atoms with van der Waals surface area (Å²) in [4.78, 5) is 57.3. The lowest BCUT2D eigenvalue weighted by molar-refractivity contribution is -0.143. The van der Waals surface area contributed by atoms with Gasteiger partial charge in [0.2, 0.25) is 17.7 Å². The van der Waals surface area contributed by atoms with E-state index in [1.54, 1.807) is 29.0 Å². The molecule has 0 bridgehead atoms. The molecule has 3 heterocycles. The number of ether oxygens (including phenoxy) is 1. The second kappa shape index (κ2) is 10.4. The first-order valence-electron chi connectivity index (χ1n) is 11.9. The second-order valence-corrected chi connectivity index (χ2v) is 9.10. The minimum atomic E-state index is -1.23. The molecule has 186 valence electrons. The minimum absolute atomic E-state index is 0.0354. The van der Waals surface area contributed by atoms with Crippen LogP contribution in [0.1, 0.15) is 40.9 Å². The number of carbonyl (C=O) groups is 4. The van der Waals surface area contributed by atoms with Gasteiger partial charge in [-0.2, -0.15) is 0 Å². The van der Waals surface area contributed by atoms with E-state index in [0.29, 0.717) is 44.8 Å². The first-order valence-corrected chi connectivity index (χ1v) is 11.9. The molecule has 2 saturated heterocycles. The van der Waals surface area contributed by atoms with Crippen molar-refractivity contribution in [3.05, 3.63) is 59.5 Å². The van der Waals surface area contributed by atoms with E-state index < -0.39 is 5.41 Å². The molecule has 2 aromatic rings. The highest BCUT2D eigenvalue weighted by Crippen LogP contribution is 2.41. The highest BCUT2D eigenvalue weighted by atomic mass is 16.5. The molecule has 1 aromatic carbocycles.